The van der Waals surface area contributed by atoms with Gasteiger partial charge in [0.15, 0.2) is 0 Å². The van der Waals surface area contributed by atoms with Crippen molar-refractivity contribution >= 4 is 33.5 Å². The predicted octanol–water partition coefficient (Wildman–Crippen LogP) is 2.27. The highest BCUT2D eigenvalue weighted by molar-refractivity contribution is 7.86. The SMILES string of the molecule is CNC(=O)c1ccc2cncc(-c3ccc4c(c3)CS(=O)N4C)c2n1. The zero-order chi connectivity index (χ0) is 17.6. The first kappa shape index (κ1) is 15.7. The fraction of sp³-hybridized carbons (Fsp3) is 0.167. The van der Waals surface area contributed by atoms with Gasteiger partial charge in [0, 0.05) is 37.4 Å². The first-order valence-electron chi connectivity index (χ1n) is 7.81. The van der Waals surface area contributed by atoms with Crippen LogP contribution in [-0.4, -0.2) is 34.2 Å². The highest BCUT2D eigenvalue weighted by Gasteiger charge is 2.23. The molecule has 0 saturated heterocycles. The first-order valence-corrected chi connectivity index (χ1v) is 9.08. The zero-order valence-electron chi connectivity index (χ0n) is 13.8. The second kappa shape index (κ2) is 5.93. The average Bonchev–Trinajstić information content (AvgIpc) is 2.93. The third-order valence-corrected chi connectivity index (χ3v) is 5.74. The molecule has 1 unspecified atom stereocenters. The molecule has 2 aromatic heterocycles. The van der Waals surface area contributed by atoms with Crippen LogP contribution in [0.1, 0.15) is 16.1 Å². The van der Waals surface area contributed by atoms with E-state index in [9.17, 15) is 9.00 Å². The summed E-state index contributed by atoms with van der Waals surface area (Å²) in [6, 6.07) is 9.51. The van der Waals surface area contributed by atoms with E-state index in [0.717, 1.165) is 33.3 Å². The first-order chi connectivity index (χ1) is 12.1. The van der Waals surface area contributed by atoms with Crippen molar-refractivity contribution in [2.75, 3.05) is 18.4 Å². The van der Waals surface area contributed by atoms with Crippen LogP contribution in [0.5, 0.6) is 0 Å². The van der Waals surface area contributed by atoms with Crippen molar-refractivity contribution in [1.82, 2.24) is 15.3 Å². The Morgan fingerprint density at radius 1 is 1.24 bits per heavy atom. The van der Waals surface area contributed by atoms with Gasteiger partial charge >= 0.3 is 0 Å². The van der Waals surface area contributed by atoms with E-state index in [1.165, 1.54) is 0 Å². The Bertz CT molecular complexity index is 1030. The number of pyridine rings is 2. The van der Waals surface area contributed by atoms with Gasteiger partial charge in [-0.1, -0.05) is 6.07 Å². The average molecular weight is 352 g/mol. The fourth-order valence-electron chi connectivity index (χ4n) is 3.02. The van der Waals surface area contributed by atoms with Crippen molar-refractivity contribution in [3.05, 3.63) is 54.0 Å². The van der Waals surface area contributed by atoms with Crippen LogP contribution in [0, 0.1) is 0 Å². The number of rotatable bonds is 2. The van der Waals surface area contributed by atoms with Gasteiger partial charge in [-0.2, -0.15) is 0 Å². The Labute approximate surface area is 147 Å². The van der Waals surface area contributed by atoms with E-state index >= 15 is 0 Å². The maximum absolute atomic E-state index is 12.0. The number of aromatic nitrogens is 2. The number of hydrogen-bond donors (Lipinski definition) is 1. The molecule has 6 nitrogen and oxygen atoms in total. The number of fused-ring (bicyclic) bond motifs is 2. The van der Waals surface area contributed by atoms with Crippen LogP contribution in [-0.2, 0) is 16.7 Å². The summed E-state index contributed by atoms with van der Waals surface area (Å²) >= 11 is 0. The monoisotopic (exact) mass is 352 g/mol. The van der Waals surface area contributed by atoms with E-state index in [2.05, 4.69) is 15.3 Å². The van der Waals surface area contributed by atoms with Crippen molar-refractivity contribution in [2.24, 2.45) is 0 Å². The Morgan fingerprint density at radius 3 is 2.88 bits per heavy atom. The molecule has 1 amide bonds. The van der Waals surface area contributed by atoms with Crippen molar-refractivity contribution < 1.29 is 9.00 Å². The predicted molar refractivity (Wildman–Crippen MR) is 98.6 cm³/mol. The second-order valence-corrected chi connectivity index (χ2v) is 7.32. The van der Waals surface area contributed by atoms with E-state index in [-0.39, 0.29) is 5.91 Å². The van der Waals surface area contributed by atoms with E-state index < -0.39 is 11.0 Å². The van der Waals surface area contributed by atoms with Crippen LogP contribution < -0.4 is 9.62 Å². The van der Waals surface area contributed by atoms with E-state index in [4.69, 9.17) is 0 Å². The van der Waals surface area contributed by atoms with Gasteiger partial charge in [0.1, 0.15) is 16.7 Å². The highest BCUT2D eigenvalue weighted by Crippen LogP contribution is 2.35. The highest BCUT2D eigenvalue weighted by atomic mass is 32.2. The summed E-state index contributed by atoms with van der Waals surface area (Å²) in [6.45, 7) is 0. The lowest BCUT2D eigenvalue weighted by Crippen LogP contribution is -2.19. The molecule has 1 atom stereocenters. The standard InChI is InChI=1S/C18H16N4O2S/c1-19-18(23)15-5-3-12-8-20-9-14(17(12)21-15)11-4-6-16-13(7-11)10-25(24)22(16)2/h3-9H,10H2,1-2H3,(H,19,23). The Balaban J connectivity index is 1.88. The van der Waals surface area contributed by atoms with Crippen LogP contribution in [0.3, 0.4) is 0 Å². The molecule has 3 heterocycles. The van der Waals surface area contributed by atoms with Gasteiger partial charge in [0.2, 0.25) is 0 Å². The van der Waals surface area contributed by atoms with E-state index in [0.29, 0.717) is 11.4 Å². The lowest BCUT2D eigenvalue weighted by Gasteiger charge is -2.11. The van der Waals surface area contributed by atoms with Crippen molar-refractivity contribution in [3.8, 4) is 11.1 Å². The Hall–Kier alpha value is -2.80. The number of benzene rings is 1. The smallest absolute Gasteiger partial charge is 0.269 e. The molecule has 126 valence electrons. The number of amides is 1. The largest absolute Gasteiger partial charge is 0.354 e. The minimum atomic E-state index is -1.02. The number of carbonyl (C=O) groups is 1. The molecule has 3 aromatic rings. The molecular formula is C18H16N4O2S. The van der Waals surface area contributed by atoms with Gasteiger partial charge in [-0.05, 0) is 35.4 Å². The molecular weight excluding hydrogens is 336 g/mol. The molecule has 0 spiro atoms. The molecule has 0 fully saturated rings. The second-order valence-electron chi connectivity index (χ2n) is 5.84. The molecule has 0 saturated carbocycles. The molecule has 1 N–H and O–H groups in total. The summed E-state index contributed by atoms with van der Waals surface area (Å²) in [5.41, 5.74) is 4.91. The van der Waals surface area contributed by atoms with Gasteiger partial charge in [-0.3, -0.25) is 14.1 Å². The molecule has 1 aliphatic heterocycles. The minimum absolute atomic E-state index is 0.226. The molecule has 1 aliphatic rings. The number of nitrogens with zero attached hydrogens (tertiary/aromatic N) is 3. The van der Waals surface area contributed by atoms with Gasteiger partial charge < -0.3 is 5.32 Å². The molecule has 0 aliphatic carbocycles. The van der Waals surface area contributed by atoms with Crippen molar-refractivity contribution in [3.63, 3.8) is 0 Å². The normalized spacial score (nSPS) is 16.1. The summed E-state index contributed by atoms with van der Waals surface area (Å²) in [6.07, 6.45) is 3.48. The number of nitrogens with one attached hydrogen (secondary N) is 1. The molecule has 1 aromatic carbocycles. The number of hydrogen-bond acceptors (Lipinski definition) is 4. The summed E-state index contributed by atoms with van der Waals surface area (Å²) < 4.78 is 13.8. The molecule has 0 radical (unpaired) electrons. The van der Waals surface area contributed by atoms with E-state index in [1.54, 1.807) is 29.8 Å². The lowest BCUT2D eigenvalue weighted by molar-refractivity contribution is 0.0958. The van der Waals surface area contributed by atoms with Gasteiger partial charge in [0.05, 0.1) is 17.0 Å². The van der Waals surface area contributed by atoms with Gasteiger partial charge in [0.25, 0.3) is 5.91 Å². The van der Waals surface area contributed by atoms with Gasteiger partial charge in [-0.25, -0.2) is 9.19 Å². The topological polar surface area (TPSA) is 75.2 Å². The Morgan fingerprint density at radius 2 is 2.08 bits per heavy atom. The maximum atomic E-state index is 12.0. The number of anilines is 1. The molecule has 7 heteroatoms. The lowest BCUT2D eigenvalue weighted by atomic mass is 10.0. The quantitative estimate of drug-likeness (QED) is 0.768. The summed E-state index contributed by atoms with van der Waals surface area (Å²) in [7, 11) is 2.40. The molecule has 0 bridgehead atoms. The van der Waals surface area contributed by atoms with Crippen LogP contribution in [0.25, 0.3) is 22.0 Å². The fourth-order valence-corrected chi connectivity index (χ4v) is 4.11. The summed E-state index contributed by atoms with van der Waals surface area (Å²) in [5, 5.41) is 3.46. The van der Waals surface area contributed by atoms with Gasteiger partial charge in [-0.15, -0.1) is 0 Å². The van der Waals surface area contributed by atoms with Crippen LogP contribution in [0.4, 0.5) is 5.69 Å². The molecule has 25 heavy (non-hydrogen) atoms. The van der Waals surface area contributed by atoms with Crippen LogP contribution in [0.15, 0.2) is 42.7 Å². The summed E-state index contributed by atoms with van der Waals surface area (Å²) in [4.78, 5) is 20.7. The number of carbonyl (C=O) groups excluding carboxylic acids is 1. The minimum Gasteiger partial charge on any atom is -0.354 e. The van der Waals surface area contributed by atoms with E-state index in [1.807, 2.05) is 31.3 Å². The van der Waals surface area contributed by atoms with Crippen molar-refractivity contribution in [2.45, 2.75) is 5.75 Å². The summed E-state index contributed by atoms with van der Waals surface area (Å²) in [5.74, 6) is 0.282. The zero-order valence-corrected chi connectivity index (χ0v) is 14.6. The molecule has 4 rings (SSSR count). The maximum Gasteiger partial charge on any atom is 0.269 e. The van der Waals surface area contributed by atoms with Crippen LogP contribution in [0.2, 0.25) is 0 Å². The van der Waals surface area contributed by atoms with Crippen LogP contribution >= 0.6 is 0 Å². The third kappa shape index (κ3) is 2.56. The third-order valence-electron chi connectivity index (χ3n) is 4.37. The van der Waals surface area contributed by atoms with Crippen molar-refractivity contribution in [1.29, 1.82) is 0 Å². The Kier molecular flexibility index (Phi) is 3.73.